The Hall–Kier alpha value is -1.71. The van der Waals surface area contributed by atoms with Gasteiger partial charge in [0.1, 0.15) is 5.82 Å². The summed E-state index contributed by atoms with van der Waals surface area (Å²) in [5, 5.41) is 10.8. The molecule has 0 fully saturated rings. The number of hydrogen-bond acceptors (Lipinski definition) is 2. The van der Waals surface area contributed by atoms with E-state index in [-0.39, 0.29) is 17.2 Å². The number of rotatable bonds is 4. The molecule has 0 unspecified atom stereocenters. The van der Waals surface area contributed by atoms with Crippen LogP contribution in [0.4, 0.5) is 4.39 Å². The van der Waals surface area contributed by atoms with E-state index in [4.69, 9.17) is 0 Å². The Labute approximate surface area is 93.7 Å². The summed E-state index contributed by atoms with van der Waals surface area (Å²) < 4.78 is 13.3. The fourth-order valence-electron chi connectivity index (χ4n) is 1.38. The molecule has 1 aromatic carbocycles. The molecule has 0 aliphatic carbocycles. The molecule has 0 heterocycles. The lowest BCUT2D eigenvalue weighted by Gasteiger charge is -2.02. The Balaban J connectivity index is 3.03. The zero-order valence-corrected chi connectivity index (χ0v) is 9.31. The summed E-state index contributed by atoms with van der Waals surface area (Å²) in [6.07, 6.45) is 1.64. The van der Waals surface area contributed by atoms with Gasteiger partial charge in [0.25, 0.3) is 0 Å². The van der Waals surface area contributed by atoms with E-state index in [1.807, 2.05) is 13.8 Å². The predicted octanol–water partition coefficient (Wildman–Crippen LogP) is 3.49. The van der Waals surface area contributed by atoms with Gasteiger partial charge in [-0.2, -0.15) is 0 Å². The minimum atomic E-state index is -0.452. The van der Waals surface area contributed by atoms with E-state index in [1.54, 1.807) is 12.1 Å². The van der Waals surface area contributed by atoms with Gasteiger partial charge in [0.05, 0.1) is 4.92 Å². The number of halogens is 1. The van der Waals surface area contributed by atoms with Gasteiger partial charge in [-0.05, 0) is 12.0 Å². The Morgan fingerprint density at radius 1 is 1.50 bits per heavy atom. The molecule has 3 nitrogen and oxygen atoms in total. The van der Waals surface area contributed by atoms with Gasteiger partial charge in [-0.1, -0.05) is 32.0 Å². The van der Waals surface area contributed by atoms with Crippen molar-refractivity contribution in [2.75, 3.05) is 0 Å². The van der Waals surface area contributed by atoms with Gasteiger partial charge in [-0.15, -0.1) is 0 Å². The molecule has 4 heteroatoms. The van der Waals surface area contributed by atoms with E-state index < -0.39 is 10.7 Å². The topological polar surface area (TPSA) is 43.1 Å². The second kappa shape index (κ2) is 5.39. The van der Waals surface area contributed by atoms with Crippen molar-refractivity contribution in [2.24, 2.45) is 5.92 Å². The zero-order chi connectivity index (χ0) is 12.1. The molecular formula is C12H14FNO2. The molecule has 0 bridgehead atoms. The third-order valence-corrected chi connectivity index (χ3v) is 2.08. The summed E-state index contributed by atoms with van der Waals surface area (Å²) in [6, 6.07) is 6.03. The molecule has 0 spiro atoms. The van der Waals surface area contributed by atoms with Gasteiger partial charge in [0, 0.05) is 18.1 Å². The lowest BCUT2D eigenvalue weighted by molar-refractivity contribution is -0.427. The number of hydrogen-bond donors (Lipinski definition) is 0. The molecule has 0 aliphatic heterocycles. The second-order valence-electron chi connectivity index (χ2n) is 4.01. The summed E-state index contributed by atoms with van der Waals surface area (Å²) in [6.45, 7) is 3.78. The van der Waals surface area contributed by atoms with E-state index in [9.17, 15) is 14.5 Å². The minimum absolute atomic E-state index is 0.0418. The smallest absolute Gasteiger partial charge is 0.247 e. The van der Waals surface area contributed by atoms with Crippen LogP contribution in [-0.4, -0.2) is 4.92 Å². The summed E-state index contributed by atoms with van der Waals surface area (Å²) in [5.41, 5.74) is 0.301. The molecule has 0 saturated carbocycles. The number of nitro groups is 1. The van der Waals surface area contributed by atoms with Crippen molar-refractivity contribution in [3.63, 3.8) is 0 Å². The molecule has 0 saturated heterocycles. The molecule has 1 rings (SSSR count). The third kappa shape index (κ3) is 3.46. The Kier molecular flexibility index (Phi) is 4.17. The maximum absolute atomic E-state index is 13.3. The maximum atomic E-state index is 13.3. The van der Waals surface area contributed by atoms with Gasteiger partial charge in [0.2, 0.25) is 5.70 Å². The molecule has 1 aromatic rings. The molecule has 86 valence electrons. The Bertz CT molecular complexity index is 413. The highest BCUT2D eigenvalue weighted by molar-refractivity contribution is 5.51. The van der Waals surface area contributed by atoms with Crippen molar-refractivity contribution in [3.8, 4) is 0 Å². The van der Waals surface area contributed by atoms with Crippen LogP contribution in [0.2, 0.25) is 0 Å². The van der Waals surface area contributed by atoms with E-state index in [2.05, 4.69) is 0 Å². The zero-order valence-electron chi connectivity index (χ0n) is 9.31. The van der Waals surface area contributed by atoms with E-state index in [0.29, 0.717) is 6.42 Å². The Morgan fingerprint density at radius 2 is 2.12 bits per heavy atom. The summed E-state index contributed by atoms with van der Waals surface area (Å²) in [4.78, 5) is 10.3. The van der Waals surface area contributed by atoms with Crippen LogP contribution >= 0.6 is 0 Å². The fourth-order valence-corrected chi connectivity index (χ4v) is 1.38. The van der Waals surface area contributed by atoms with Crippen LogP contribution < -0.4 is 0 Å². The van der Waals surface area contributed by atoms with Crippen LogP contribution in [0.1, 0.15) is 25.8 Å². The standard InChI is InChI=1S/C12H14FNO2/c1-9(2)7-11(14(15)16)8-10-5-3-4-6-12(10)13/h3-6,8-9H,7H2,1-2H3. The highest BCUT2D eigenvalue weighted by atomic mass is 19.1. The van der Waals surface area contributed by atoms with E-state index in [0.717, 1.165) is 0 Å². The summed E-state index contributed by atoms with van der Waals surface area (Å²) >= 11 is 0. The average Bonchev–Trinajstić information content (AvgIpc) is 2.19. The number of allylic oxidation sites excluding steroid dienone is 1. The lowest BCUT2D eigenvalue weighted by atomic mass is 10.1. The number of benzene rings is 1. The average molecular weight is 223 g/mol. The van der Waals surface area contributed by atoms with Crippen LogP contribution in [0, 0.1) is 21.8 Å². The SMILES string of the molecule is CC(C)CC(=Cc1ccccc1F)[N+](=O)[O-]. The minimum Gasteiger partial charge on any atom is -0.259 e. The van der Waals surface area contributed by atoms with Crippen molar-refractivity contribution in [2.45, 2.75) is 20.3 Å². The van der Waals surface area contributed by atoms with Crippen molar-refractivity contribution < 1.29 is 9.31 Å². The first-order valence-electron chi connectivity index (χ1n) is 5.10. The van der Waals surface area contributed by atoms with Gasteiger partial charge in [-0.3, -0.25) is 10.1 Å². The molecule has 0 atom stereocenters. The normalized spacial score (nSPS) is 11.9. The van der Waals surface area contributed by atoms with Crippen molar-refractivity contribution in [3.05, 3.63) is 51.5 Å². The van der Waals surface area contributed by atoms with Gasteiger partial charge >= 0.3 is 0 Å². The molecule has 0 amide bonds. The van der Waals surface area contributed by atoms with E-state index >= 15 is 0 Å². The monoisotopic (exact) mass is 223 g/mol. The van der Waals surface area contributed by atoms with Gasteiger partial charge in [-0.25, -0.2) is 4.39 Å². The second-order valence-corrected chi connectivity index (χ2v) is 4.01. The van der Waals surface area contributed by atoms with E-state index in [1.165, 1.54) is 18.2 Å². The van der Waals surface area contributed by atoms with Crippen molar-refractivity contribution >= 4 is 6.08 Å². The molecule has 0 aromatic heterocycles. The quantitative estimate of drug-likeness (QED) is 0.579. The maximum Gasteiger partial charge on any atom is 0.247 e. The van der Waals surface area contributed by atoms with Crippen molar-refractivity contribution in [1.82, 2.24) is 0 Å². The Morgan fingerprint density at radius 3 is 2.62 bits per heavy atom. The summed E-state index contributed by atoms with van der Waals surface area (Å²) in [5.74, 6) is -0.269. The third-order valence-electron chi connectivity index (χ3n) is 2.08. The van der Waals surface area contributed by atoms with Gasteiger partial charge < -0.3 is 0 Å². The molecule has 16 heavy (non-hydrogen) atoms. The highest BCUT2D eigenvalue weighted by Crippen LogP contribution is 2.17. The van der Waals surface area contributed by atoms with Gasteiger partial charge in [0.15, 0.2) is 0 Å². The predicted molar refractivity (Wildman–Crippen MR) is 60.8 cm³/mol. The summed E-state index contributed by atoms with van der Waals surface area (Å²) in [7, 11) is 0. The first-order valence-corrected chi connectivity index (χ1v) is 5.10. The largest absolute Gasteiger partial charge is 0.259 e. The van der Waals surface area contributed by atoms with Crippen molar-refractivity contribution in [1.29, 1.82) is 0 Å². The van der Waals surface area contributed by atoms with Crippen LogP contribution in [0.3, 0.4) is 0 Å². The molecule has 0 aliphatic rings. The van der Waals surface area contributed by atoms with Crippen LogP contribution in [0.15, 0.2) is 30.0 Å². The van der Waals surface area contributed by atoms with Crippen LogP contribution in [0.25, 0.3) is 6.08 Å². The first-order chi connectivity index (χ1) is 7.50. The van der Waals surface area contributed by atoms with Crippen LogP contribution in [-0.2, 0) is 0 Å². The highest BCUT2D eigenvalue weighted by Gasteiger charge is 2.13. The van der Waals surface area contributed by atoms with Crippen LogP contribution in [0.5, 0.6) is 0 Å². The first kappa shape index (κ1) is 12.4. The molecular weight excluding hydrogens is 209 g/mol. The number of nitrogens with zero attached hydrogens (tertiary/aromatic N) is 1. The molecule has 0 radical (unpaired) electrons. The molecule has 0 N–H and O–H groups in total. The lowest BCUT2D eigenvalue weighted by Crippen LogP contribution is -2.02. The fraction of sp³-hybridized carbons (Fsp3) is 0.333.